The lowest BCUT2D eigenvalue weighted by Crippen LogP contribution is -2.49. The Balaban J connectivity index is 4.04. The fourth-order valence-electron chi connectivity index (χ4n) is 2.60. The third-order valence-corrected chi connectivity index (χ3v) is 4.04. The van der Waals surface area contributed by atoms with E-state index in [1.54, 1.807) is 6.92 Å². The standard InChI is InChI=1S/C15H32N2O2/c1-6-13(7-2)17(5)12-10-9-11-15(4,14(18)19)16-8-3/h13,16H,6-12H2,1-5H3,(H,18,19). The average Bonchev–Trinajstić information content (AvgIpc) is 2.36. The van der Waals surface area contributed by atoms with Crippen LogP contribution in [0.1, 0.15) is 59.8 Å². The maximum Gasteiger partial charge on any atom is 0.323 e. The van der Waals surface area contributed by atoms with Crippen LogP contribution in [0, 0.1) is 0 Å². The van der Waals surface area contributed by atoms with E-state index in [0.29, 0.717) is 19.0 Å². The van der Waals surface area contributed by atoms with Crippen LogP contribution in [0.5, 0.6) is 0 Å². The summed E-state index contributed by atoms with van der Waals surface area (Å²) in [5.74, 6) is -0.748. The summed E-state index contributed by atoms with van der Waals surface area (Å²) < 4.78 is 0. The first-order chi connectivity index (χ1) is 8.91. The van der Waals surface area contributed by atoms with Gasteiger partial charge >= 0.3 is 5.97 Å². The lowest BCUT2D eigenvalue weighted by Gasteiger charge is -2.28. The van der Waals surface area contributed by atoms with Gasteiger partial charge in [-0.15, -0.1) is 0 Å². The molecule has 2 N–H and O–H groups in total. The van der Waals surface area contributed by atoms with Gasteiger partial charge in [-0.05, 0) is 59.2 Å². The predicted molar refractivity (Wildman–Crippen MR) is 80.6 cm³/mol. The molecule has 0 bridgehead atoms. The number of carboxylic acids is 1. The molecule has 114 valence electrons. The van der Waals surface area contributed by atoms with Crippen molar-refractivity contribution in [2.24, 2.45) is 0 Å². The molecule has 0 spiro atoms. The van der Waals surface area contributed by atoms with Crippen LogP contribution in [-0.4, -0.2) is 47.7 Å². The predicted octanol–water partition coefficient (Wildman–Crippen LogP) is 2.73. The zero-order valence-electron chi connectivity index (χ0n) is 13.3. The molecule has 0 fully saturated rings. The SMILES string of the molecule is CCNC(C)(CCCCN(C)C(CC)CC)C(=O)O. The number of nitrogens with zero attached hydrogens (tertiary/aromatic N) is 1. The van der Waals surface area contributed by atoms with Gasteiger partial charge in [0.1, 0.15) is 5.54 Å². The van der Waals surface area contributed by atoms with Gasteiger partial charge < -0.3 is 15.3 Å². The minimum absolute atomic E-state index is 0.652. The van der Waals surface area contributed by atoms with Crippen LogP contribution >= 0.6 is 0 Å². The van der Waals surface area contributed by atoms with Crippen molar-refractivity contribution in [1.29, 1.82) is 0 Å². The van der Waals surface area contributed by atoms with Crippen LogP contribution < -0.4 is 5.32 Å². The van der Waals surface area contributed by atoms with Gasteiger partial charge in [0.25, 0.3) is 0 Å². The molecule has 19 heavy (non-hydrogen) atoms. The zero-order valence-corrected chi connectivity index (χ0v) is 13.3. The Labute approximate surface area is 118 Å². The Kier molecular flexibility index (Phi) is 9.02. The second-order valence-corrected chi connectivity index (χ2v) is 5.58. The van der Waals surface area contributed by atoms with Crippen molar-refractivity contribution in [1.82, 2.24) is 10.2 Å². The van der Waals surface area contributed by atoms with E-state index < -0.39 is 11.5 Å². The average molecular weight is 272 g/mol. The minimum atomic E-state index is -0.776. The molecule has 0 saturated heterocycles. The van der Waals surface area contributed by atoms with Crippen molar-refractivity contribution in [3.63, 3.8) is 0 Å². The largest absolute Gasteiger partial charge is 0.480 e. The third-order valence-electron chi connectivity index (χ3n) is 4.04. The van der Waals surface area contributed by atoms with Crippen molar-refractivity contribution in [3.05, 3.63) is 0 Å². The monoisotopic (exact) mass is 272 g/mol. The van der Waals surface area contributed by atoms with Crippen LogP contribution in [0.2, 0.25) is 0 Å². The van der Waals surface area contributed by atoms with Gasteiger partial charge in [-0.25, -0.2) is 0 Å². The van der Waals surface area contributed by atoms with Gasteiger partial charge in [0.05, 0.1) is 0 Å². The molecule has 4 heteroatoms. The quantitative estimate of drug-likeness (QED) is 0.568. The number of carbonyl (C=O) groups is 1. The van der Waals surface area contributed by atoms with E-state index in [2.05, 4.69) is 31.1 Å². The van der Waals surface area contributed by atoms with E-state index in [0.717, 1.165) is 19.4 Å². The summed E-state index contributed by atoms with van der Waals surface area (Å²) in [6, 6.07) is 0.652. The second-order valence-electron chi connectivity index (χ2n) is 5.58. The van der Waals surface area contributed by atoms with E-state index in [1.165, 1.54) is 12.8 Å². The van der Waals surface area contributed by atoms with Crippen molar-refractivity contribution >= 4 is 5.97 Å². The molecule has 0 aromatic carbocycles. The Morgan fingerprint density at radius 1 is 1.26 bits per heavy atom. The van der Waals surface area contributed by atoms with E-state index in [1.807, 2.05) is 6.92 Å². The molecular formula is C15H32N2O2. The fraction of sp³-hybridized carbons (Fsp3) is 0.933. The number of hydrogen-bond acceptors (Lipinski definition) is 3. The first-order valence-electron chi connectivity index (χ1n) is 7.59. The number of hydrogen-bond donors (Lipinski definition) is 2. The topological polar surface area (TPSA) is 52.6 Å². The molecule has 4 nitrogen and oxygen atoms in total. The van der Waals surface area contributed by atoms with Crippen LogP contribution in [0.15, 0.2) is 0 Å². The minimum Gasteiger partial charge on any atom is -0.480 e. The second kappa shape index (κ2) is 9.32. The maximum atomic E-state index is 11.3. The highest BCUT2D eigenvalue weighted by molar-refractivity contribution is 5.78. The van der Waals surface area contributed by atoms with E-state index in [9.17, 15) is 9.90 Å². The molecule has 0 radical (unpaired) electrons. The summed E-state index contributed by atoms with van der Waals surface area (Å²) in [5, 5.41) is 12.3. The van der Waals surface area contributed by atoms with Crippen molar-refractivity contribution in [3.8, 4) is 0 Å². The summed E-state index contributed by atoms with van der Waals surface area (Å²) in [6.45, 7) is 9.91. The van der Waals surface area contributed by atoms with Crippen molar-refractivity contribution < 1.29 is 9.90 Å². The number of aliphatic carboxylic acids is 1. The fourth-order valence-corrected chi connectivity index (χ4v) is 2.60. The molecule has 0 aromatic heterocycles. The molecule has 1 unspecified atom stereocenters. The summed E-state index contributed by atoms with van der Waals surface area (Å²) in [7, 11) is 2.17. The highest BCUT2D eigenvalue weighted by atomic mass is 16.4. The van der Waals surface area contributed by atoms with Crippen molar-refractivity contribution in [2.75, 3.05) is 20.1 Å². The first kappa shape index (κ1) is 18.4. The van der Waals surface area contributed by atoms with E-state index >= 15 is 0 Å². The number of nitrogens with one attached hydrogen (secondary N) is 1. The van der Waals surface area contributed by atoms with Crippen LogP contribution in [0.4, 0.5) is 0 Å². The van der Waals surface area contributed by atoms with Gasteiger partial charge in [0.2, 0.25) is 0 Å². The van der Waals surface area contributed by atoms with Crippen molar-refractivity contribution in [2.45, 2.75) is 71.4 Å². The molecule has 0 aliphatic rings. The summed E-state index contributed by atoms with van der Waals surface area (Å²) in [4.78, 5) is 13.7. The molecule has 0 amide bonds. The molecule has 1 atom stereocenters. The zero-order chi connectivity index (χ0) is 14.9. The summed E-state index contributed by atoms with van der Waals surface area (Å²) in [5.41, 5.74) is -0.776. The van der Waals surface area contributed by atoms with E-state index in [-0.39, 0.29) is 0 Å². The summed E-state index contributed by atoms with van der Waals surface area (Å²) >= 11 is 0. The highest BCUT2D eigenvalue weighted by Crippen LogP contribution is 2.15. The molecular weight excluding hydrogens is 240 g/mol. The van der Waals surface area contributed by atoms with Gasteiger partial charge in [0.15, 0.2) is 0 Å². The lowest BCUT2D eigenvalue weighted by atomic mass is 9.94. The molecule has 0 rings (SSSR count). The highest BCUT2D eigenvalue weighted by Gasteiger charge is 2.31. The Hall–Kier alpha value is -0.610. The number of unbranched alkanes of at least 4 members (excludes halogenated alkanes) is 1. The summed E-state index contributed by atoms with van der Waals surface area (Å²) in [6.07, 6.45) is 5.04. The normalized spacial score (nSPS) is 14.9. The number of likely N-dealkylation sites (N-methyl/N-ethyl adjacent to an activating group) is 1. The Bertz CT molecular complexity index is 255. The van der Waals surface area contributed by atoms with Gasteiger partial charge in [-0.1, -0.05) is 20.8 Å². The third kappa shape index (κ3) is 6.39. The number of carboxylic acid groups (broad SMARTS) is 1. The molecule has 0 saturated carbocycles. The van der Waals surface area contributed by atoms with Crippen LogP contribution in [0.25, 0.3) is 0 Å². The van der Waals surface area contributed by atoms with Gasteiger partial charge in [-0.2, -0.15) is 0 Å². The lowest BCUT2D eigenvalue weighted by molar-refractivity contribution is -0.144. The molecule has 0 aliphatic carbocycles. The Morgan fingerprint density at radius 3 is 2.26 bits per heavy atom. The van der Waals surface area contributed by atoms with Gasteiger partial charge in [-0.3, -0.25) is 4.79 Å². The maximum absolute atomic E-state index is 11.3. The Morgan fingerprint density at radius 2 is 1.84 bits per heavy atom. The van der Waals surface area contributed by atoms with Crippen LogP contribution in [0.3, 0.4) is 0 Å². The van der Waals surface area contributed by atoms with E-state index in [4.69, 9.17) is 0 Å². The smallest absolute Gasteiger partial charge is 0.323 e. The molecule has 0 aromatic rings. The van der Waals surface area contributed by atoms with Gasteiger partial charge in [0, 0.05) is 6.04 Å². The number of rotatable bonds is 11. The molecule has 0 heterocycles. The van der Waals surface area contributed by atoms with Crippen LogP contribution in [-0.2, 0) is 4.79 Å². The first-order valence-corrected chi connectivity index (χ1v) is 7.59. The molecule has 0 aliphatic heterocycles.